The number of amides is 1. The van der Waals surface area contributed by atoms with Gasteiger partial charge in [0.05, 0.1) is 0 Å². The van der Waals surface area contributed by atoms with Crippen molar-refractivity contribution in [2.45, 2.75) is 26.2 Å². The first kappa shape index (κ1) is 16.0. The second-order valence-electron chi connectivity index (χ2n) is 5.42. The zero-order valence-corrected chi connectivity index (χ0v) is 12.5. The molecule has 1 fully saturated rings. The van der Waals surface area contributed by atoms with Gasteiger partial charge >= 0.3 is 0 Å². The van der Waals surface area contributed by atoms with Crippen LogP contribution in [-0.4, -0.2) is 30.4 Å². The number of carbonyl (C=O) groups excluding carboxylic acids is 1. The van der Waals surface area contributed by atoms with E-state index in [-0.39, 0.29) is 18.3 Å². The Morgan fingerprint density at radius 2 is 2.00 bits per heavy atom. The highest BCUT2D eigenvalue weighted by Crippen LogP contribution is 2.19. The number of rotatable bonds is 3. The Morgan fingerprint density at radius 3 is 2.47 bits per heavy atom. The Labute approximate surface area is 121 Å². The summed E-state index contributed by atoms with van der Waals surface area (Å²) in [5, 5.41) is 0. The van der Waals surface area contributed by atoms with Gasteiger partial charge in [0, 0.05) is 18.7 Å². The highest BCUT2D eigenvalue weighted by molar-refractivity contribution is 5.94. The van der Waals surface area contributed by atoms with Crippen LogP contribution in [0.15, 0.2) is 24.3 Å². The van der Waals surface area contributed by atoms with Crippen LogP contribution in [0.25, 0.3) is 0 Å². The maximum atomic E-state index is 12.3. The number of hydrogen-bond donors (Lipinski definition) is 1. The van der Waals surface area contributed by atoms with Crippen molar-refractivity contribution in [2.24, 2.45) is 11.7 Å². The number of carbonyl (C=O) groups is 1. The molecular weight excluding hydrogens is 260 g/mol. The number of nitrogens with two attached hydrogens (primary N) is 1. The van der Waals surface area contributed by atoms with Gasteiger partial charge in [0.25, 0.3) is 5.91 Å². The van der Waals surface area contributed by atoms with E-state index in [1.165, 1.54) is 5.56 Å². The number of nitrogens with zero attached hydrogens (tertiary/aromatic N) is 1. The summed E-state index contributed by atoms with van der Waals surface area (Å²) in [5.74, 6) is 1.12. The predicted octanol–water partition coefficient (Wildman–Crippen LogP) is 2.65. The van der Waals surface area contributed by atoms with Gasteiger partial charge in [-0.25, -0.2) is 0 Å². The van der Waals surface area contributed by atoms with Crippen molar-refractivity contribution in [1.82, 2.24) is 4.90 Å². The van der Waals surface area contributed by atoms with Gasteiger partial charge in [-0.15, -0.1) is 12.4 Å². The molecule has 19 heavy (non-hydrogen) atoms. The molecular formula is C15H23ClN2O. The zero-order valence-electron chi connectivity index (χ0n) is 11.6. The number of benzene rings is 1. The van der Waals surface area contributed by atoms with E-state index in [4.69, 9.17) is 5.73 Å². The van der Waals surface area contributed by atoms with Crippen LogP contribution in [0.5, 0.6) is 0 Å². The molecule has 0 aliphatic carbocycles. The molecule has 2 rings (SSSR count). The maximum absolute atomic E-state index is 12.3. The Kier molecular flexibility index (Phi) is 5.83. The Balaban J connectivity index is 0.00000180. The fourth-order valence-electron chi connectivity index (χ4n) is 2.40. The molecule has 1 unspecified atom stereocenters. The van der Waals surface area contributed by atoms with Gasteiger partial charge < -0.3 is 10.6 Å². The second kappa shape index (κ2) is 6.92. The highest BCUT2D eigenvalue weighted by Gasteiger charge is 2.25. The molecule has 1 amide bonds. The van der Waals surface area contributed by atoms with Gasteiger partial charge in [-0.1, -0.05) is 26.0 Å². The first-order chi connectivity index (χ1) is 8.61. The number of halogens is 1. The summed E-state index contributed by atoms with van der Waals surface area (Å²) in [5.41, 5.74) is 7.71. The van der Waals surface area contributed by atoms with E-state index in [1.54, 1.807) is 0 Å². The minimum atomic E-state index is 0. The maximum Gasteiger partial charge on any atom is 0.253 e. The van der Waals surface area contributed by atoms with E-state index in [1.807, 2.05) is 29.2 Å². The summed E-state index contributed by atoms with van der Waals surface area (Å²) in [4.78, 5) is 14.2. The van der Waals surface area contributed by atoms with Crippen molar-refractivity contribution in [2.75, 3.05) is 19.6 Å². The van der Waals surface area contributed by atoms with Gasteiger partial charge in [-0.05, 0) is 42.5 Å². The zero-order chi connectivity index (χ0) is 13.1. The van der Waals surface area contributed by atoms with Crippen molar-refractivity contribution in [1.29, 1.82) is 0 Å². The van der Waals surface area contributed by atoms with E-state index in [2.05, 4.69) is 13.8 Å². The van der Waals surface area contributed by atoms with Crippen LogP contribution >= 0.6 is 12.4 Å². The fraction of sp³-hybridized carbons (Fsp3) is 0.533. The van der Waals surface area contributed by atoms with Gasteiger partial charge in [0.1, 0.15) is 0 Å². The van der Waals surface area contributed by atoms with Crippen molar-refractivity contribution in [3.8, 4) is 0 Å². The van der Waals surface area contributed by atoms with Gasteiger partial charge in [0.15, 0.2) is 0 Å². The monoisotopic (exact) mass is 282 g/mol. The standard InChI is InChI=1S/C15H22N2O.ClH/c1-11(2)13-3-5-14(6-4-13)15(18)17-8-7-12(9-16)10-17;/h3-6,11-12H,7-10,16H2,1-2H3;1H. The van der Waals surface area contributed by atoms with E-state index in [0.717, 1.165) is 25.1 Å². The summed E-state index contributed by atoms with van der Waals surface area (Å²) in [6.45, 7) is 6.64. The summed E-state index contributed by atoms with van der Waals surface area (Å²) in [6.07, 6.45) is 1.03. The third-order valence-electron chi connectivity index (χ3n) is 3.73. The van der Waals surface area contributed by atoms with Crippen molar-refractivity contribution < 1.29 is 4.79 Å². The molecule has 1 aliphatic heterocycles. The molecule has 3 nitrogen and oxygen atoms in total. The highest BCUT2D eigenvalue weighted by atomic mass is 35.5. The largest absolute Gasteiger partial charge is 0.338 e. The minimum Gasteiger partial charge on any atom is -0.338 e. The van der Waals surface area contributed by atoms with Crippen molar-refractivity contribution >= 4 is 18.3 Å². The quantitative estimate of drug-likeness (QED) is 0.926. The molecule has 0 spiro atoms. The fourth-order valence-corrected chi connectivity index (χ4v) is 2.40. The molecule has 0 aromatic heterocycles. The van der Waals surface area contributed by atoms with Crippen molar-refractivity contribution in [3.05, 3.63) is 35.4 Å². The molecule has 0 saturated carbocycles. The molecule has 106 valence electrons. The normalized spacial score (nSPS) is 18.5. The lowest BCUT2D eigenvalue weighted by molar-refractivity contribution is 0.0787. The minimum absolute atomic E-state index is 0. The first-order valence-corrected chi connectivity index (χ1v) is 6.71. The SMILES string of the molecule is CC(C)c1ccc(C(=O)N2CCC(CN)C2)cc1.Cl. The molecule has 1 aliphatic rings. The smallest absolute Gasteiger partial charge is 0.253 e. The molecule has 4 heteroatoms. The van der Waals surface area contributed by atoms with Crippen LogP contribution in [-0.2, 0) is 0 Å². The lowest BCUT2D eigenvalue weighted by Gasteiger charge is -2.16. The van der Waals surface area contributed by atoms with Crippen molar-refractivity contribution in [3.63, 3.8) is 0 Å². The lowest BCUT2D eigenvalue weighted by Crippen LogP contribution is -2.29. The molecule has 0 radical (unpaired) electrons. The molecule has 1 atom stereocenters. The van der Waals surface area contributed by atoms with E-state index in [9.17, 15) is 4.79 Å². The van der Waals surface area contributed by atoms with Gasteiger partial charge in [-0.2, -0.15) is 0 Å². The Morgan fingerprint density at radius 1 is 1.37 bits per heavy atom. The molecule has 1 aromatic carbocycles. The third-order valence-corrected chi connectivity index (χ3v) is 3.73. The molecule has 1 saturated heterocycles. The molecule has 0 bridgehead atoms. The van der Waals surface area contributed by atoms with Gasteiger partial charge in [0.2, 0.25) is 0 Å². The summed E-state index contributed by atoms with van der Waals surface area (Å²) >= 11 is 0. The summed E-state index contributed by atoms with van der Waals surface area (Å²) in [7, 11) is 0. The van der Waals surface area contributed by atoms with Gasteiger partial charge in [-0.3, -0.25) is 4.79 Å². The average Bonchev–Trinajstić information content (AvgIpc) is 2.86. The van der Waals surface area contributed by atoms with Crippen LogP contribution < -0.4 is 5.73 Å². The molecule has 2 N–H and O–H groups in total. The van der Waals surface area contributed by atoms with Crippen LogP contribution in [0.2, 0.25) is 0 Å². The van der Waals surface area contributed by atoms with E-state index in [0.29, 0.717) is 18.4 Å². The van der Waals surface area contributed by atoms with Crippen LogP contribution in [0.4, 0.5) is 0 Å². The number of hydrogen-bond acceptors (Lipinski definition) is 2. The number of likely N-dealkylation sites (tertiary alicyclic amines) is 1. The predicted molar refractivity (Wildman–Crippen MR) is 80.8 cm³/mol. The summed E-state index contributed by atoms with van der Waals surface area (Å²) < 4.78 is 0. The van der Waals surface area contributed by atoms with Crippen LogP contribution in [0, 0.1) is 5.92 Å². The van der Waals surface area contributed by atoms with Crippen LogP contribution in [0.3, 0.4) is 0 Å². The topological polar surface area (TPSA) is 46.3 Å². The lowest BCUT2D eigenvalue weighted by atomic mass is 10.0. The summed E-state index contributed by atoms with van der Waals surface area (Å²) in [6, 6.07) is 7.98. The molecule has 1 heterocycles. The molecule has 1 aromatic rings. The average molecular weight is 283 g/mol. The third kappa shape index (κ3) is 3.71. The van der Waals surface area contributed by atoms with E-state index >= 15 is 0 Å². The Bertz CT molecular complexity index is 417. The Hall–Kier alpha value is -1.06. The van der Waals surface area contributed by atoms with E-state index < -0.39 is 0 Å². The first-order valence-electron chi connectivity index (χ1n) is 6.71. The second-order valence-corrected chi connectivity index (χ2v) is 5.42. The van der Waals surface area contributed by atoms with Crippen LogP contribution in [0.1, 0.15) is 42.1 Å².